The monoisotopic (exact) mass is 355 g/mol. The molecule has 2 aromatic rings. The van der Waals surface area contributed by atoms with Crippen LogP contribution in [0.2, 0.25) is 0 Å². The fourth-order valence-corrected chi connectivity index (χ4v) is 4.36. The number of hydrogen-bond acceptors (Lipinski definition) is 3. The zero-order valence-corrected chi connectivity index (χ0v) is 15.3. The molecule has 0 bridgehead atoms. The maximum atomic E-state index is 12.3. The Kier molecular flexibility index (Phi) is 6.54. The van der Waals surface area contributed by atoms with Gasteiger partial charge in [0.2, 0.25) is 5.91 Å². The summed E-state index contributed by atoms with van der Waals surface area (Å²) < 4.78 is 5.58. The Morgan fingerprint density at radius 1 is 1.00 bits per heavy atom. The maximum Gasteiger partial charge on any atom is 0.220 e. The van der Waals surface area contributed by atoms with E-state index in [1.54, 1.807) is 0 Å². The van der Waals surface area contributed by atoms with Gasteiger partial charge in [0.1, 0.15) is 0 Å². The van der Waals surface area contributed by atoms with Crippen molar-refractivity contribution in [1.29, 1.82) is 0 Å². The molecule has 0 spiro atoms. The summed E-state index contributed by atoms with van der Waals surface area (Å²) in [5.74, 6) is 0.128. The second kappa shape index (κ2) is 9.07. The molecular weight excluding hydrogens is 330 g/mol. The molecule has 4 heteroatoms. The molecule has 1 aliphatic heterocycles. The zero-order chi connectivity index (χ0) is 17.4. The van der Waals surface area contributed by atoms with Crippen LogP contribution in [-0.2, 0) is 16.0 Å². The summed E-state index contributed by atoms with van der Waals surface area (Å²) in [6, 6.07) is 20.6. The number of aryl methyl sites for hydroxylation is 1. The van der Waals surface area contributed by atoms with E-state index in [1.807, 2.05) is 36.0 Å². The van der Waals surface area contributed by atoms with E-state index < -0.39 is 0 Å². The molecule has 2 aromatic carbocycles. The van der Waals surface area contributed by atoms with Crippen molar-refractivity contribution in [1.82, 2.24) is 5.32 Å². The minimum absolute atomic E-state index is 0.0298. The van der Waals surface area contributed by atoms with Gasteiger partial charge in [0.05, 0.1) is 0 Å². The summed E-state index contributed by atoms with van der Waals surface area (Å²) in [4.78, 5) is 13.6. The Hall–Kier alpha value is -1.78. The van der Waals surface area contributed by atoms with Crippen molar-refractivity contribution in [2.45, 2.75) is 35.3 Å². The molecule has 0 atom stereocenters. The summed E-state index contributed by atoms with van der Waals surface area (Å²) in [5.41, 5.74) is 1.21. The van der Waals surface area contributed by atoms with Gasteiger partial charge in [0.25, 0.3) is 0 Å². The molecule has 0 aliphatic carbocycles. The van der Waals surface area contributed by atoms with E-state index >= 15 is 0 Å². The van der Waals surface area contributed by atoms with Crippen LogP contribution < -0.4 is 5.32 Å². The summed E-state index contributed by atoms with van der Waals surface area (Å²) in [6.45, 7) is 2.23. The highest BCUT2D eigenvalue weighted by atomic mass is 32.2. The molecule has 1 heterocycles. The van der Waals surface area contributed by atoms with Crippen LogP contribution >= 0.6 is 11.8 Å². The number of nitrogens with one attached hydrogen (secondary N) is 1. The Labute approximate surface area is 154 Å². The number of rotatable bonds is 7. The van der Waals surface area contributed by atoms with E-state index in [0.717, 1.165) is 32.5 Å². The van der Waals surface area contributed by atoms with Crippen molar-refractivity contribution < 1.29 is 9.53 Å². The smallest absolute Gasteiger partial charge is 0.220 e. The van der Waals surface area contributed by atoms with Gasteiger partial charge in [-0.1, -0.05) is 48.5 Å². The van der Waals surface area contributed by atoms with Crippen LogP contribution in [0.15, 0.2) is 65.6 Å². The average Bonchev–Trinajstić information content (AvgIpc) is 2.67. The highest BCUT2D eigenvalue weighted by molar-refractivity contribution is 8.00. The first-order chi connectivity index (χ1) is 12.3. The van der Waals surface area contributed by atoms with Crippen molar-refractivity contribution in [2.24, 2.45) is 0 Å². The summed E-state index contributed by atoms with van der Waals surface area (Å²) in [6.07, 6.45) is 3.25. The number of thioether (sulfide) groups is 1. The number of hydrogen-bond donors (Lipinski definition) is 1. The Balaban J connectivity index is 1.54. The first-order valence-electron chi connectivity index (χ1n) is 8.88. The van der Waals surface area contributed by atoms with Crippen molar-refractivity contribution in [3.05, 3.63) is 66.2 Å². The molecule has 0 unspecified atom stereocenters. The van der Waals surface area contributed by atoms with E-state index in [-0.39, 0.29) is 10.7 Å². The van der Waals surface area contributed by atoms with Gasteiger partial charge in [-0.3, -0.25) is 4.79 Å². The molecule has 25 heavy (non-hydrogen) atoms. The molecular formula is C21H25NO2S. The van der Waals surface area contributed by atoms with Gasteiger partial charge in [0.15, 0.2) is 0 Å². The van der Waals surface area contributed by atoms with E-state index in [4.69, 9.17) is 4.74 Å². The molecule has 1 aliphatic rings. The average molecular weight is 356 g/mol. The molecule has 3 nitrogen and oxygen atoms in total. The lowest BCUT2D eigenvalue weighted by atomic mass is 9.99. The van der Waals surface area contributed by atoms with Crippen LogP contribution in [0.5, 0.6) is 0 Å². The van der Waals surface area contributed by atoms with Gasteiger partial charge in [-0.25, -0.2) is 0 Å². The fourth-order valence-electron chi connectivity index (χ4n) is 3.05. The zero-order valence-electron chi connectivity index (χ0n) is 14.4. The minimum Gasteiger partial charge on any atom is -0.381 e. The normalized spacial score (nSPS) is 16.3. The molecule has 132 valence electrons. The number of carbonyl (C=O) groups is 1. The largest absolute Gasteiger partial charge is 0.381 e. The second-order valence-corrected chi connectivity index (χ2v) is 8.01. The summed E-state index contributed by atoms with van der Waals surface area (Å²) >= 11 is 1.87. The Morgan fingerprint density at radius 2 is 1.64 bits per heavy atom. The highest BCUT2D eigenvalue weighted by Gasteiger charge is 2.34. The Morgan fingerprint density at radius 3 is 2.32 bits per heavy atom. The van der Waals surface area contributed by atoms with Gasteiger partial charge < -0.3 is 10.1 Å². The third-order valence-corrected chi connectivity index (χ3v) is 6.07. The lowest BCUT2D eigenvalue weighted by Gasteiger charge is -2.36. The van der Waals surface area contributed by atoms with Gasteiger partial charge in [0, 0.05) is 35.8 Å². The third kappa shape index (κ3) is 5.62. The molecule has 0 saturated carbocycles. The summed E-state index contributed by atoms with van der Waals surface area (Å²) in [7, 11) is 0. The number of carbonyl (C=O) groups excluding carboxylic acids is 1. The standard InChI is InChI=1S/C21H25NO2S/c23-20(12-11-18-7-3-1-4-8-18)22-17-21(13-15-24-16-14-21)25-19-9-5-2-6-10-19/h1-10H,11-17H2,(H,22,23). The van der Waals surface area contributed by atoms with Gasteiger partial charge in [-0.15, -0.1) is 11.8 Å². The maximum absolute atomic E-state index is 12.3. The van der Waals surface area contributed by atoms with Crippen LogP contribution in [0.4, 0.5) is 0 Å². The molecule has 1 N–H and O–H groups in total. The quantitative estimate of drug-likeness (QED) is 0.813. The van der Waals surface area contributed by atoms with Gasteiger partial charge in [-0.05, 0) is 37.0 Å². The molecule has 1 saturated heterocycles. The topological polar surface area (TPSA) is 38.3 Å². The third-order valence-electron chi connectivity index (χ3n) is 4.57. The number of ether oxygens (including phenoxy) is 1. The molecule has 3 rings (SSSR count). The number of amides is 1. The summed E-state index contributed by atoms with van der Waals surface area (Å²) in [5, 5.41) is 3.17. The first-order valence-corrected chi connectivity index (χ1v) is 9.70. The van der Waals surface area contributed by atoms with E-state index in [1.165, 1.54) is 10.5 Å². The second-order valence-electron chi connectivity index (χ2n) is 6.47. The van der Waals surface area contributed by atoms with E-state index in [9.17, 15) is 4.79 Å². The highest BCUT2D eigenvalue weighted by Crippen LogP contribution is 2.40. The van der Waals surface area contributed by atoms with Crippen molar-refractivity contribution in [3.8, 4) is 0 Å². The predicted molar refractivity (Wildman–Crippen MR) is 103 cm³/mol. The van der Waals surface area contributed by atoms with E-state index in [2.05, 4.69) is 41.7 Å². The van der Waals surface area contributed by atoms with Crippen molar-refractivity contribution in [2.75, 3.05) is 19.8 Å². The first kappa shape index (κ1) is 18.0. The van der Waals surface area contributed by atoms with Crippen LogP contribution in [0, 0.1) is 0 Å². The Bertz CT molecular complexity index is 654. The molecule has 1 fully saturated rings. The van der Waals surface area contributed by atoms with Crippen molar-refractivity contribution in [3.63, 3.8) is 0 Å². The lowest BCUT2D eigenvalue weighted by Crippen LogP contribution is -2.44. The van der Waals surface area contributed by atoms with Crippen LogP contribution in [0.25, 0.3) is 0 Å². The fraction of sp³-hybridized carbons (Fsp3) is 0.381. The van der Waals surface area contributed by atoms with Crippen LogP contribution in [0.1, 0.15) is 24.8 Å². The molecule has 0 radical (unpaired) electrons. The van der Waals surface area contributed by atoms with Crippen molar-refractivity contribution >= 4 is 17.7 Å². The van der Waals surface area contributed by atoms with Gasteiger partial charge in [-0.2, -0.15) is 0 Å². The van der Waals surface area contributed by atoms with Gasteiger partial charge >= 0.3 is 0 Å². The molecule has 1 amide bonds. The minimum atomic E-state index is 0.0298. The van der Waals surface area contributed by atoms with E-state index in [0.29, 0.717) is 13.0 Å². The molecule has 0 aromatic heterocycles. The SMILES string of the molecule is O=C(CCc1ccccc1)NCC1(Sc2ccccc2)CCOCC1. The predicted octanol–water partition coefficient (Wildman–Crippen LogP) is 4.08. The van der Waals surface area contributed by atoms with Crippen LogP contribution in [0.3, 0.4) is 0 Å². The lowest BCUT2D eigenvalue weighted by molar-refractivity contribution is -0.121. The number of benzene rings is 2. The van der Waals surface area contributed by atoms with Crippen LogP contribution in [-0.4, -0.2) is 30.4 Å².